The van der Waals surface area contributed by atoms with Crippen LogP contribution >= 0.6 is 11.3 Å². The van der Waals surface area contributed by atoms with E-state index in [1.54, 1.807) is 23.6 Å². The summed E-state index contributed by atoms with van der Waals surface area (Å²) in [6, 6.07) is 9.94. The summed E-state index contributed by atoms with van der Waals surface area (Å²) < 4.78 is 1.87. The van der Waals surface area contributed by atoms with E-state index in [0.717, 1.165) is 21.8 Å². The van der Waals surface area contributed by atoms with Crippen LogP contribution in [0.4, 0.5) is 0 Å². The summed E-state index contributed by atoms with van der Waals surface area (Å²) in [7, 11) is 0. The standard InChI is InChI=1S/C18H18N4OS/c1-14-21-17(13-24-14)7-8-18(23)19-11-15-5-2-3-6-16(15)12-22-10-4-9-20-22/h2-10,13H,11-12H2,1H3,(H,19,23)/b8-7+. The van der Waals surface area contributed by atoms with Crippen molar-refractivity contribution in [2.45, 2.75) is 20.0 Å². The van der Waals surface area contributed by atoms with Gasteiger partial charge in [-0.15, -0.1) is 11.3 Å². The lowest BCUT2D eigenvalue weighted by molar-refractivity contribution is -0.116. The number of hydrogen-bond acceptors (Lipinski definition) is 4. The van der Waals surface area contributed by atoms with Crippen LogP contribution < -0.4 is 5.32 Å². The van der Waals surface area contributed by atoms with E-state index in [1.165, 1.54) is 6.08 Å². The Kier molecular flexibility index (Phi) is 5.18. The van der Waals surface area contributed by atoms with Crippen molar-refractivity contribution in [2.24, 2.45) is 0 Å². The highest BCUT2D eigenvalue weighted by molar-refractivity contribution is 7.09. The van der Waals surface area contributed by atoms with Gasteiger partial charge < -0.3 is 5.32 Å². The number of rotatable bonds is 6. The van der Waals surface area contributed by atoms with Crippen molar-refractivity contribution in [2.75, 3.05) is 0 Å². The maximum absolute atomic E-state index is 12.0. The Morgan fingerprint density at radius 2 is 2.12 bits per heavy atom. The maximum Gasteiger partial charge on any atom is 0.244 e. The molecule has 0 atom stereocenters. The van der Waals surface area contributed by atoms with E-state index in [1.807, 2.05) is 47.4 Å². The van der Waals surface area contributed by atoms with Gasteiger partial charge >= 0.3 is 0 Å². The molecule has 24 heavy (non-hydrogen) atoms. The number of aryl methyl sites for hydroxylation is 1. The summed E-state index contributed by atoms with van der Waals surface area (Å²) in [6.45, 7) is 3.11. The van der Waals surface area contributed by atoms with E-state index < -0.39 is 0 Å². The highest BCUT2D eigenvalue weighted by Crippen LogP contribution is 2.11. The number of benzene rings is 1. The van der Waals surface area contributed by atoms with Gasteiger partial charge in [-0.25, -0.2) is 4.98 Å². The van der Waals surface area contributed by atoms with Crippen LogP contribution in [0.25, 0.3) is 6.08 Å². The minimum atomic E-state index is -0.130. The Hall–Kier alpha value is -2.73. The molecule has 0 aliphatic rings. The Balaban J connectivity index is 1.60. The molecule has 2 aromatic heterocycles. The third-order valence-electron chi connectivity index (χ3n) is 3.51. The van der Waals surface area contributed by atoms with E-state index >= 15 is 0 Å². The number of thiazole rings is 1. The van der Waals surface area contributed by atoms with E-state index in [2.05, 4.69) is 21.5 Å². The Morgan fingerprint density at radius 1 is 1.29 bits per heavy atom. The second kappa shape index (κ2) is 7.70. The lowest BCUT2D eigenvalue weighted by atomic mass is 10.1. The first-order valence-electron chi connectivity index (χ1n) is 7.63. The molecule has 0 radical (unpaired) electrons. The topological polar surface area (TPSA) is 59.8 Å². The van der Waals surface area contributed by atoms with Gasteiger partial charge in [-0.05, 0) is 30.2 Å². The van der Waals surface area contributed by atoms with Crippen molar-refractivity contribution in [3.8, 4) is 0 Å². The van der Waals surface area contributed by atoms with Gasteiger partial charge in [-0.2, -0.15) is 5.10 Å². The van der Waals surface area contributed by atoms with Crippen molar-refractivity contribution < 1.29 is 4.79 Å². The van der Waals surface area contributed by atoms with Crippen LogP contribution in [0.2, 0.25) is 0 Å². The molecule has 3 rings (SSSR count). The number of amides is 1. The molecule has 1 amide bonds. The predicted octanol–water partition coefficient (Wildman–Crippen LogP) is 3.03. The lowest BCUT2D eigenvalue weighted by Crippen LogP contribution is -2.21. The van der Waals surface area contributed by atoms with Gasteiger partial charge in [0.05, 0.1) is 17.2 Å². The zero-order valence-corrected chi connectivity index (χ0v) is 14.2. The zero-order chi connectivity index (χ0) is 16.8. The molecule has 0 bridgehead atoms. The number of aromatic nitrogens is 3. The summed E-state index contributed by atoms with van der Waals surface area (Å²) in [5.41, 5.74) is 3.03. The molecular formula is C18H18N4OS. The summed E-state index contributed by atoms with van der Waals surface area (Å²) in [5, 5.41) is 10.1. The fourth-order valence-corrected chi connectivity index (χ4v) is 2.89. The zero-order valence-electron chi connectivity index (χ0n) is 13.3. The summed E-state index contributed by atoms with van der Waals surface area (Å²) in [5.74, 6) is -0.130. The molecule has 0 aliphatic heterocycles. The van der Waals surface area contributed by atoms with E-state index in [0.29, 0.717) is 13.1 Å². The van der Waals surface area contributed by atoms with Crippen molar-refractivity contribution in [3.05, 3.63) is 76.0 Å². The fraction of sp³-hybridized carbons (Fsp3) is 0.167. The quantitative estimate of drug-likeness (QED) is 0.703. The first-order valence-corrected chi connectivity index (χ1v) is 8.51. The van der Waals surface area contributed by atoms with Crippen molar-refractivity contribution in [1.29, 1.82) is 0 Å². The Labute approximate surface area is 144 Å². The van der Waals surface area contributed by atoms with Crippen LogP contribution in [-0.4, -0.2) is 20.7 Å². The average Bonchev–Trinajstić information content (AvgIpc) is 3.24. The van der Waals surface area contributed by atoms with Crippen molar-refractivity contribution in [1.82, 2.24) is 20.1 Å². The molecule has 3 aromatic rings. The van der Waals surface area contributed by atoms with Crippen molar-refractivity contribution in [3.63, 3.8) is 0 Å². The Morgan fingerprint density at radius 3 is 2.83 bits per heavy atom. The molecule has 0 fully saturated rings. The smallest absolute Gasteiger partial charge is 0.244 e. The molecule has 5 nitrogen and oxygen atoms in total. The van der Waals surface area contributed by atoms with Gasteiger partial charge in [0, 0.05) is 30.4 Å². The first-order chi connectivity index (χ1) is 11.7. The SMILES string of the molecule is Cc1nc(/C=C/C(=O)NCc2ccccc2Cn2cccn2)cs1. The highest BCUT2D eigenvalue weighted by atomic mass is 32.1. The summed E-state index contributed by atoms with van der Waals surface area (Å²) >= 11 is 1.57. The molecule has 122 valence electrons. The van der Waals surface area contributed by atoms with Crippen LogP contribution in [0.5, 0.6) is 0 Å². The Bertz CT molecular complexity index is 836. The summed E-state index contributed by atoms with van der Waals surface area (Å²) in [4.78, 5) is 16.3. The maximum atomic E-state index is 12.0. The number of nitrogens with zero attached hydrogens (tertiary/aromatic N) is 3. The summed E-state index contributed by atoms with van der Waals surface area (Å²) in [6.07, 6.45) is 6.93. The second-order valence-electron chi connectivity index (χ2n) is 5.31. The number of hydrogen-bond donors (Lipinski definition) is 1. The average molecular weight is 338 g/mol. The molecule has 6 heteroatoms. The first kappa shape index (κ1) is 16.1. The lowest BCUT2D eigenvalue weighted by Gasteiger charge is -2.10. The minimum Gasteiger partial charge on any atom is -0.348 e. The molecule has 0 aliphatic carbocycles. The van der Waals surface area contributed by atoms with Crippen LogP contribution in [-0.2, 0) is 17.9 Å². The molecular weight excluding hydrogens is 320 g/mol. The molecule has 1 aromatic carbocycles. The van der Waals surface area contributed by atoms with Crippen LogP contribution in [0.1, 0.15) is 21.8 Å². The van der Waals surface area contributed by atoms with E-state index in [4.69, 9.17) is 0 Å². The molecule has 0 spiro atoms. The third-order valence-corrected chi connectivity index (χ3v) is 4.30. The molecule has 0 saturated carbocycles. The minimum absolute atomic E-state index is 0.130. The largest absolute Gasteiger partial charge is 0.348 e. The van der Waals surface area contributed by atoms with Gasteiger partial charge in [0.1, 0.15) is 0 Å². The second-order valence-corrected chi connectivity index (χ2v) is 6.38. The fourth-order valence-electron chi connectivity index (χ4n) is 2.31. The van der Waals surface area contributed by atoms with Gasteiger partial charge in [0.15, 0.2) is 0 Å². The highest BCUT2D eigenvalue weighted by Gasteiger charge is 2.04. The predicted molar refractivity (Wildman–Crippen MR) is 95.5 cm³/mol. The van der Waals surface area contributed by atoms with E-state index in [9.17, 15) is 4.79 Å². The number of carbonyl (C=O) groups is 1. The van der Waals surface area contributed by atoms with Crippen LogP contribution in [0.15, 0.2) is 54.2 Å². The monoisotopic (exact) mass is 338 g/mol. The number of nitrogens with one attached hydrogen (secondary N) is 1. The van der Waals surface area contributed by atoms with Crippen LogP contribution in [0, 0.1) is 6.92 Å². The van der Waals surface area contributed by atoms with E-state index in [-0.39, 0.29) is 5.91 Å². The van der Waals surface area contributed by atoms with Gasteiger partial charge in [0.25, 0.3) is 0 Å². The van der Waals surface area contributed by atoms with Crippen molar-refractivity contribution >= 4 is 23.3 Å². The normalized spacial score (nSPS) is 11.0. The van der Waals surface area contributed by atoms with Gasteiger partial charge in [-0.3, -0.25) is 9.48 Å². The van der Waals surface area contributed by atoms with Crippen LogP contribution in [0.3, 0.4) is 0 Å². The number of carbonyl (C=O) groups excluding carboxylic acids is 1. The van der Waals surface area contributed by atoms with Gasteiger partial charge in [0.2, 0.25) is 5.91 Å². The molecule has 0 unspecified atom stereocenters. The molecule has 0 saturated heterocycles. The molecule has 2 heterocycles. The molecule has 1 N–H and O–H groups in total. The third kappa shape index (κ3) is 4.39. The van der Waals surface area contributed by atoms with Gasteiger partial charge in [-0.1, -0.05) is 24.3 Å².